The molecule has 0 aliphatic rings. The van der Waals surface area contributed by atoms with Crippen molar-refractivity contribution in [2.45, 2.75) is 26.3 Å². The van der Waals surface area contributed by atoms with Gasteiger partial charge in [0.25, 0.3) is 0 Å². The monoisotopic (exact) mass is 296 g/mol. The number of nitrogens with one attached hydrogen (secondary N) is 1. The zero-order valence-corrected chi connectivity index (χ0v) is 13.3. The van der Waals surface area contributed by atoms with Crippen LogP contribution >= 0.6 is 0 Å². The van der Waals surface area contributed by atoms with Crippen molar-refractivity contribution in [1.29, 1.82) is 0 Å². The van der Waals surface area contributed by atoms with Crippen LogP contribution in [0.2, 0.25) is 0 Å². The van der Waals surface area contributed by atoms with Gasteiger partial charge >= 0.3 is 0 Å². The highest BCUT2D eigenvalue weighted by Gasteiger charge is 2.15. The Morgan fingerprint density at radius 1 is 1.00 bits per heavy atom. The molecule has 0 radical (unpaired) electrons. The quantitative estimate of drug-likeness (QED) is 0.843. The van der Waals surface area contributed by atoms with Gasteiger partial charge in [-0.05, 0) is 31.0 Å². The highest BCUT2D eigenvalue weighted by molar-refractivity contribution is 5.94. The molecule has 1 amide bonds. The molecule has 0 aliphatic carbocycles. The van der Waals surface area contributed by atoms with Crippen molar-refractivity contribution in [1.82, 2.24) is 5.32 Å². The van der Waals surface area contributed by atoms with Crippen LogP contribution in [0.1, 0.15) is 31.9 Å². The standard InChI is InChI=1S/C19H24N2O/c1-3-18(16-11-7-5-8-12-16)20-15-19(22)21(4-2)17-13-9-6-10-14-17/h5-14,18,20H,3-4,15H2,1-2H3. The number of rotatable bonds is 7. The number of benzene rings is 2. The predicted molar refractivity (Wildman–Crippen MR) is 91.9 cm³/mol. The summed E-state index contributed by atoms with van der Waals surface area (Å²) in [5, 5.41) is 3.38. The predicted octanol–water partition coefficient (Wildman–Crippen LogP) is 3.78. The largest absolute Gasteiger partial charge is 0.312 e. The average Bonchev–Trinajstić information content (AvgIpc) is 2.58. The fourth-order valence-corrected chi connectivity index (χ4v) is 2.60. The summed E-state index contributed by atoms with van der Waals surface area (Å²) in [7, 11) is 0. The summed E-state index contributed by atoms with van der Waals surface area (Å²) in [5.41, 5.74) is 2.17. The molecule has 3 heteroatoms. The first-order valence-electron chi connectivity index (χ1n) is 7.90. The van der Waals surface area contributed by atoms with Gasteiger partial charge < -0.3 is 10.2 Å². The van der Waals surface area contributed by atoms with Gasteiger partial charge in [-0.15, -0.1) is 0 Å². The molecule has 0 spiro atoms. The fourth-order valence-electron chi connectivity index (χ4n) is 2.60. The van der Waals surface area contributed by atoms with E-state index in [1.54, 1.807) is 0 Å². The lowest BCUT2D eigenvalue weighted by Gasteiger charge is -2.23. The lowest BCUT2D eigenvalue weighted by atomic mass is 10.0. The van der Waals surface area contributed by atoms with Crippen molar-refractivity contribution < 1.29 is 4.79 Å². The Kier molecular flexibility index (Phi) is 6.16. The van der Waals surface area contributed by atoms with Gasteiger partial charge in [0.05, 0.1) is 6.54 Å². The molecule has 0 saturated heterocycles. The van der Waals surface area contributed by atoms with E-state index < -0.39 is 0 Å². The van der Waals surface area contributed by atoms with E-state index in [0.29, 0.717) is 13.1 Å². The SMILES string of the molecule is CCC(NCC(=O)N(CC)c1ccccc1)c1ccccc1. The van der Waals surface area contributed by atoms with Crippen molar-refractivity contribution in [3.8, 4) is 0 Å². The second-order valence-electron chi connectivity index (χ2n) is 5.23. The number of hydrogen-bond acceptors (Lipinski definition) is 2. The van der Waals surface area contributed by atoms with E-state index >= 15 is 0 Å². The van der Waals surface area contributed by atoms with E-state index in [4.69, 9.17) is 0 Å². The third-order valence-electron chi connectivity index (χ3n) is 3.80. The topological polar surface area (TPSA) is 32.3 Å². The number of hydrogen-bond donors (Lipinski definition) is 1. The highest BCUT2D eigenvalue weighted by atomic mass is 16.2. The molecule has 1 unspecified atom stereocenters. The minimum atomic E-state index is 0.100. The zero-order valence-electron chi connectivity index (χ0n) is 13.3. The van der Waals surface area contributed by atoms with Crippen LogP contribution in [0.4, 0.5) is 5.69 Å². The van der Waals surface area contributed by atoms with Gasteiger partial charge in [-0.1, -0.05) is 55.5 Å². The Balaban J connectivity index is 1.99. The molecule has 2 aromatic rings. The van der Waals surface area contributed by atoms with Gasteiger partial charge in [-0.2, -0.15) is 0 Å². The molecule has 0 heterocycles. The molecular formula is C19H24N2O. The second kappa shape index (κ2) is 8.35. The maximum atomic E-state index is 12.5. The van der Waals surface area contributed by atoms with Gasteiger partial charge in [0.1, 0.15) is 0 Å². The Labute approximate surface area is 133 Å². The summed E-state index contributed by atoms with van der Waals surface area (Å²) in [6.07, 6.45) is 0.953. The maximum absolute atomic E-state index is 12.5. The number of amides is 1. The Hall–Kier alpha value is -2.13. The van der Waals surface area contributed by atoms with Gasteiger partial charge in [-0.3, -0.25) is 4.79 Å². The first kappa shape index (κ1) is 16.2. The maximum Gasteiger partial charge on any atom is 0.240 e. The van der Waals surface area contributed by atoms with Crippen LogP contribution in [0.15, 0.2) is 60.7 Å². The van der Waals surface area contributed by atoms with Crippen molar-refractivity contribution in [3.05, 3.63) is 66.2 Å². The minimum Gasteiger partial charge on any atom is -0.312 e. The molecule has 0 bridgehead atoms. The van der Waals surface area contributed by atoms with E-state index in [-0.39, 0.29) is 11.9 Å². The summed E-state index contributed by atoms with van der Waals surface area (Å²) >= 11 is 0. The van der Waals surface area contributed by atoms with Crippen molar-refractivity contribution >= 4 is 11.6 Å². The van der Waals surface area contributed by atoms with Crippen LogP contribution < -0.4 is 10.2 Å². The molecular weight excluding hydrogens is 272 g/mol. The lowest BCUT2D eigenvalue weighted by Crippen LogP contribution is -2.39. The van der Waals surface area contributed by atoms with Gasteiger partial charge in [0.15, 0.2) is 0 Å². The molecule has 1 atom stereocenters. The Bertz CT molecular complexity index is 569. The molecule has 116 valence electrons. The summed E-state index contributed by atoms with van der Waals surface area (Å²) in [5.74, 6) is 0.100. The summed E-state index contributed by atoms with van der Waals surface area (Å²) in [6, 6.07) is 20.3. The normalized spacial score (nSPS) is 11.9. The van der Waals surface area contributed by atoms with Crippen LogP contribution in [-0.2, 0) is 4.79 Å². The number of para-hydroxylation sites is 1. The van der Waals surface area contributed by atoms with Gasteiger partial charge in [0.2, 0.25) is 5.91 Å². The number of nitrogens with zero attached hydrogens (tertiary/aromatic N) is 1. The summed E-state index contributed by atoms with van der Waals surface area (Å²) in [4.78, 5) is 14.3. The third kappa shape index (κ3) is 4.18. The molecule has 1 N–H and O–H groups in total. The number of anilines is 1. The number of carbonyl (C=O) groups excluding carboxylic acids is 1. The lowest BCUT2D eigenvalue weighted by molar-refractivity contribution is -0.117. The average molecular weight is 296 g/mol. The molecule has 2 aromatic carbocycles. The third-order valence-corrected chi connectivity index (χ3v) is 3.80. The summed E-state index contributed by atoms with van der Waals surface area (Å²) in [6.45, 7) is 5.14. The number of likely N-dealkylation sites (N-methyl/N-ethyl adjacent to an activating group) is 1. The van der Waals surface area contributed by atoms with Crippen molar-refractivity contribution in [3.63, 3.8) is 0 Å². The van der Waals surface area contributed by atoms with Crippen LogP contribution in [0.3, 0.4) is 0 Å². The van der Waals surface area contributed by atoms with Crippen molar-refractivity contribution in [2.24, 2.45) is 0 Å². The molecule has 2 rings (SSSR count). The smallest absolute Gasteiger partial charge is 0.240 e. The van der Waals surface area contributed by atoms with E-state index in [2.05, 4.69) is 24.4 Å². The molecule has 0 fully saturated rings. The minimum absolute atomic E-state index is 0.100. The van der Waals surface area contributed by atoms with Gasteiger partial charge in [0, 0.05) is 18.3 Å². The van der Waals surface area contributed by atoms with E-state index in [0.717, 1.165) is 12.1 Å². The molecule has 0 aliphatic heterocycles. The number of carbonyl (C=O) groups is 1. The fraction of sp³-hybridized carbons (Fsp3) is 0.316. The van der Waals surface area contributed by atoms with Crippen molar-refractivity contribution in [2.75, 3.05) is 18.0 Å². The van der Waals surface area contributed by atoms with Gasteiger partial charge in [-0.25, -0.2) is 0 Å². The Morgan fingerprint density at radius 3 is 2.14 bits per heavy atom. The Morgan fingerprint density at radius 2 is 1.59 bits per heavy atom. The van der Waals surface area contributed by atoms with E-state index in [1.807, 2.05) is 60.4 Å². The summed E-state index contributed by atoms with van der Waals surface area (Å²) < 4.78 is 0. The second-order valence-corrected chi connectivity index (χ2v) is 5.23. The van der Waals surface area contributed by atoms with Crippen LogP contribution in [0.5, 0.6) is 0 Å². The molecule has 0 aromatic heterocycles. The highest BCUT2D eigenvalue weighted by Crippen LogP contribution is 2.16. The van der Waals surface area contributed by atoms with E-state index in [9.17, 15) is 4.79 Å². The molecule has 0 saturated carbocycles. The van der Waals surface area contributed by atoms with Crippen LogP contribution in [-0.4, -0.2) is 19.0 Å². The molecule has 22 heavy (non-hydrogen) atoms. The first-order valence-corrected chi connectivity index (χ1v) is 7.90. The van der Waals surface area contributed by atoms with E-state index in [1.165, 1.54) is 5.56 Å². The van der Waals surface area contributed by atoms with Crippen LogP contribution in [0, 0.1) is 0 Å². The van der Waals surface area contributed by atoms with Crippen LogP contribution in [0.25, 0.3) is 0 Å². The first-order chi connectivity index (χ1) is 10.8. The molecule has 3 nitrogen and oxygen atoms in total. The zero-order chi connectivity index (χ0) is 15.8.